The van der Waals surface area contributed by atoms with Crippen LogP contribution in [0.25, 0.3) is 0 Å². The number of nitrogens with zero attached hydrogens (tertiary/aromatic N) is 3. The molecule has 3 rings (SSSR count). The van der Waals surface area contributed by atoms with Gasteiger partial charge in [0.05, 0.1) is 6.10 Å². The first-order valence-corrected chi connectivity index (χ1v) is 9.30. The molecule has 7 nitrogen and oxygen atoms in total. The molecular formula is C18H30N4O3. The van der Waals surface area contributed by atoms with Crippen molar-refractivity contribution in [1.29, 1.82) is 0 Å². The minimum absolute atomic E-state index is 0.136. The average Bonchev–Trinajstić information content (AvgIpc) is 2.96. The second-order valence-corrected chi connectivity index (χ2v) is 8.18. The first-order valence-electron chi connectivity index (χ1n) is 9.30. The van der Waals surface area contributed by atoms with Crippen LogP contribution in [0.4, 0.5) is 4.79 Å². The lowest BCUT2D eigenvalue weighted by Gasteiger charge is -2.31. The summed E-state index contributed by atoms with van der Waals surface area (Å²) in [4.78, 5) is 12.0. The van der Waals surface area contributed by atoms with Gasteiger partial charge in [-0.25, -0.2) is 4.79 Å². The molecule has 1 aliphatic heterocycles. The number of carbonyl (C=O) groups is 1. The molecule has 0 bridgehead atoms. The molecule has 1 amide bonds. The van der Waals surface area contributed by atoms with Crippen molar-refractivity contribution < 1.29 is 14.3 Å². The predicted octanol–water partition coefficient (Wildman–Crippen LogP) is 2.79. The van der Waals surface area contributed by atoms with Gasteiger partial charge in [-0.15, -0.1) is 10.2 Å². The van der Waals surface area contributed by atoms with E-state index >= 15 is 0 Å². The topological polar surface area (TPSA) is 78.3 Å². The van der Waals surface area contributed by atoms with Crippen molar-refractivity contribution in [3.8, 4) is 0 Å². The Balaban J connectivity index is 1.63. The molecule has 2 aliphatic rings. The first kappa shape index (κ1) is 18.2. The molecule has 1 aromatic rings. The van der Waals surface area contributed by atoms with Crippen molar-refractivity contribution >= 4 is 6.09 Å². The maximum absolute atomic E-state index is 12.0. The number of methoxy groups -OCH3 is 1. The van der Waals surface area contributed by atoms with E-state index < -0.39 is 5.60 Å². The summed E-state index contributed by atoms with van der Waals surface area (Å²) < 4.78 is 13.1. The normalized spacial score (nSPS) is 26.8. The summed E-state index contributed by atoms with van der Waals surface area (Å²) in [7, 11) is 1.76. The lowest BCUT2D eigenvalue weighted by molar-refractivity contribution is 0.0489. The number of hydrogen-bond donors (Lipinski definition) is 1. The quantitative estimate of drug-likeness (QED) is 0.907. The Hall–Kier alpha value is -1.63. The smallest absolute Gasteiger partial charge is 0.407 e. The van der Waals surface area contributed by atoms with Crippen LogP contribution in [0.3, 0.4) is 0 Å². The van der Waals surface area contributed by atoms with Crippen LogP contribution in [-0.4, -0.2) is 45.7 Å². The van der Waals surface area contributed by atoms with Crippen molar-refractivity contribution in [1.82, 2.24) is 20.1 Å². The summed E-state index contributed by atoms with van der Waals surface area (Å²) in [6.45, 7) is 6.56. The van der Waals surface area contributed by atoms with Crippen molar-refractivity contribution in [2.75, 3.05) is 7.11 Å². The molecule has 25 heavy (non-hydrogen) atoms. The Bertz CT molecular complexity index is 608. The van der Waals surface area contributed by atoms with Crippen molar-refractivity contribution in [3.63, 3.8) is 0 Å². The fourth-order valence-electron chi connectivity index (χ4n) is 3.86. The minimum Gasteiger partial charge on any atom is -0.444 e. The summed E-state index contributed by atoms with van der Waals surface area (Å²) in [5, 5.41) is 11.9. The highest BCUT2D eigenvalue weighted by atomic mass is 16.6. The van der Waals surface area contributed by atoms with Crippen LogP contribution < -0.4 is 5.32 Å². The van der Waals surface area contributed by atoms with Crippen LogP contribution in [0.5, 0.6) is 0 Å². The fourth-order valence-corrected chi connectivity index (χ4v) is 3.86. The Morgan fingerprint density at radius 2 is 2.04 bits per heavy atom. The molecule has 0 saturated heterocycles. The molecule has 1 aliphatic carbocycles. The first-order chi connectivity index (χ1) is 11.9. The second-order valence-electron chi connectivity index (χ2n) is 8.18. The number of hydrogen-bond acceptors (Lipinski definition) is 5. The zero-order valence-corrected chi connectivity index (χ0v) is 15.7. The Morgan fingerprint density at radius 1 is 1.24 bits per heavy atom. The maximum Gasteiger partial charge on any atom is 0.407 e. The Kier molecular flexibility index (Phi) is 5.32. The van der Waals surface area contributed by atoms with E-state index in [2.05, 4.69) is 20.1 Å². The number of amides is 1. The van der Waals surface area contributed by atoms with E-state index in [1.54, 1.807) is 7.11 Å². The van der Waals surface area contributed by atoms with Gasteiger partial charge < -0.3 is 19.4 Å². The van der Waals surface area contributed by atoms with Gasteiger partial charge in [0.2, 0.25) is 0 Å². The van der Waals surface area contributed by atoms with Crippen LogP contribution in [0, 0.1) is 0 Å². The number of fused-ring (bicyclic) bond motifs is 1. The zero-order chi connectivity index (χ0) is 18.0. The largest absolute Gasteiger partial charge is 0.444 e. The third kappa shape index (κ3) is 4.51. The van der Waals surface area contributed by atoms with Crippen LogP contribution in [-0.2, 0) is 22.4 Å². The van der Waals surface area contributed by atoms with E-state index in [1.807, 2.05) is 20.8 Å². The lowest BCUT2D eigenvalue weighted by atomic mass is 9.85. The molecule has 7 heteroatoms. The Morgan fingerprint density at radius 3 is 2.76 bits per heavy atom. The molecule has 3 atom stereocenters. The van der Waals surface area contributed by atoms with Crippen LogP contribution in [0.2, 0.25) is 0 Å². The number of carbonyl (C=O) groups excluding carboxylic acids is 1. The van der Waals surface area contributed by atoms with Crippen molar-refractivity contribution in [2.24, 2.45) is 0 Å². The number of ether oxygens (including phenoxy) is 2. The SMILES string of the molecule is COC1CCn2c(nnc2[C@H]2CCCC(NC(=O)OC(C)(C)C)C2)C1. The third-order valence-corrected chi connectivity index (χ3v) is 5.03. The minimum atomic E-state index is -0.470. The van der Waals surface area contributed by atoms with Crippen molar-refractivity contribution in [3.05, 3.63) is 11.6 Å². The highest BCUT2D eigenvalue weighted by Crippen LogP contribution is 2.33. The van der Waals surface area contributed by atoms with E-state index in [0.29, 0.717) is 5.92 Å². The zero-order valence-electron chi connectivity index (χ0n) is 15.7. The van der Waals surface area contributed by atoms with Gasteiger partial charge in [0.25, 0.3) is 0 Å². The standard InChI is InChI=1S/C18H30N4O3/c1-18(2,3)25-17(23)19-13-7-5-6-12(10-13)16-21-20-15-11-14(24-4)8-9-22(15)16/h12-14H,5-11H2,1-4H3,(H,19,23)/t12-,13?,14?/m0/s1. The maximum atomic E-state index is 12.0. The number of nitrogens with one attached hydrogen (secondary N) is 1. The highest BCUT2D eigenvalue weighted by molar-refractivity contribution is 5.68. The lowest BCUT2D eigenvalue weighted by Crippen LogP contribution is -2.41. The molecule has 1 N–H and O–H groups in total. The van der Waals surface area contributed by atoms with Crippen LogP contribution in [0.1, 0.15) is 70.4 Å². The van der Waals surface area contributed by atoms with Gasteiger partial charge in [0, 0.05) is 32.0 Å². The van der Waals surface area contributed by atoms with E-state index in [1.165, 1.54) is 0 Å². The highest BCUT2D eigenvalue weighted by Gasteiger charge is 2.31. The third-order valence-electron chi connectivity index (χ3n) is 5.03. The average molecular weight is 350 g/mol. The van der Waals surface area contributed by atoms with E-state index in [4.69, 9.17) is 9.47 Å². The predicted molar refractivity (Wildman–Crippen MR) is 93.5 cm³/mol. The Labute approximate surface area is 149 Å². The summed E-state index contributed by atoms with van der Waals surface area (Å²) in [6.07, 6.45) is 5.80. The molecular weight excluding hydrogens is 320 g/mol. The van der Waals surface area contributed by atoms with E-state index in [0.717, 1.165) is 56.7 Å². The van der Waals surface area contributed by atoms with Gasteiger partial charge in [0.15, 0.2) is 0 Å². The van der Waals surface area contributed by atoms with Gasteiger partial charge in [-0.2, -0.15) is 0 Å². The van der Waals surface area contributed by atoms with Gasteiger partial charge in [-0.05, 0) is 46.5 Å². The number of rotatable bonds is 3. The molecule has 0 spiro atoms. The van der Waals surface area contributed by atoms with Crippen LogP contribution >= 0.6 is 0 Å². The van der Waals surface area contributed by atoms with Gasteiger partial charge in [-0.3, -0.25) is 0 Å². The van der Waals surface area contributed by atoms with Gasteiger partial charge in [0.1, 0.15) is 17.2 Å². The van der Waals surface area contributed by atoms with Crippen molar-refractivity contribution in [2.45, 2.75) is 89.5 Å². The van der Waals surface area contributed by atoms with E-state index in [-0.39, 0.29) is 18.2 Å². The summed E-state index contributed by atoms with van der Waals surface area (Å²) in [5.74, 6) is 2.43. The summed E-state index contributed by atoms with van der Waals surface area (Å²) >= 11 is 0. The van der Waals surface area contributed by atoms with Gasteiger partial charge in [-0.1, -0.05) is 6.42 Å². The molecule has 1 aromatic heterocycles. The summed E-state index contributed by atoms with van der Waals surface area (Å²) in [6, 6.07) is 0.136. The molecule has 0 aromatic carbocycles. The molecule has 2 heterocycles. The molecule has 0 radical (unpaired) electrons. The molecule has 2 unspecified atom stereocenters. The molecule has 140 valence electrons. The second kappa shape index (κ2) is 7.32. The number of alkyl carbamates (subject to hydrolysis) is 1. The fraction of sp³-hybridized carbons (Fsp3) is 0.833. The van der Waals surface area contributed by atoms with Gasteiger partial charge >= 0.3 is 6.09 Å². The van der Waals surface area contributed by atoms with E-state index in [9.17, 15) is 4.79 Å². The molecule has 1 saturated carbocycles. The number of aromatic nitrogens is 3. The monoisotopic (exact) mass is 350 g/mol. The summed E-state index contributed by atoms with van der Waals surface area (Å²) in [5.41, 5.74) is -0.470. The van der Waals surface area contributed by atoms with Crippen LogP contribution in [0.15, 0.2) is 0 Å². The molecule has 1 fully saturated rings.